The normalized spacial score (nSPS) is 13.2. The first-order valence-electron chi connectivity index (χ1n) is 12.3. The maximum Gasteiger partial charge on any atom is 0.407 e. The Labute approximate surface area is 225 Å². The SMILES string of the molecule is O=C(N[C@@H](CCCCNS(=O)(=O)c1ccc([N+](=O)[O-])cc1)C(=O)O)OCC1c2ccccc2-c2ccccc21. The van der Waals surface area contributed by atoms with Crippen molar-refractivity contribution in [2.75, 3.05) is 13.2 Å². The van der Waals surface area contributed by atoms with Gasteiger partial charge in [0, 0.05) is 24.6 Å². The first kappa shape index (κ1) is 27.7. The molecule has 0 aliphatic heterocycles. The van der Waals surface area contributed by atoms with E-state index in [4.69, 9.17) is 4.74 Å². The molecule has 3 aromatic rings. The molecule has 0 saturated heterocycles. The highest BCUT2D eigenvalue weighted by atomic mass is 32.2. The predicted octanol–water partition coefficient (Wildman–Crippen LogP) is 4.04. The number of carbonyl (C=O) groups excluding carboxylic acids is 1. The molecule has 0 aromatic heterocycles. The Kier molecular flexibility index (Phi) is 8.57. The average Bonchev–Trinajstić information content (AvgIpc) is 3.24. The zero-order valence-electron chi connectivity index (χ0n) is 20.8. The molecule has 0 bridgehead atoms. The molecule has 3 aromatic carbocycles. The molecule has 1 aliphatic carbocycles. The number of carbonyl (C=O) groups is 2. The quantitative estimate of drug-likeness (QED) is 0.172. The van der Waals surface area contributed by atoms with Crippen LogP contribution in [0, 0.1) is 10.1 Å². The van der Waals surface area contributed by atoms with Crippen LogP contribution in [0.5, 0.6) is 0 Å². The Bertz CT molecular complexity index is 1430. The lowest BCUT2D eigenvalue weighted by atomic mass is 9.98. The lowest BCUT2D eigenvalue weighted by molar-refractivity contribution is -0.384. The number of non-ortho nitro benzene ring substituents is 1. The van der Waals surface area contributed by atoms with Crippen molar-refractivity contribution in [3.05, 3.63) is 94.0 Å². The lowest BCUT2D eigenvalue weighted by Gasteiger charge is -2.17. The van der Waals surface area contributed by atoms with Gasteiger partial charge in [-0.3, -0.25) is 10.1 Å². The van der Waals surface area contributed by atoms with E-state index in [1.54, 1.807) is 0 Å². The summed E-state index contributed by atoms with van der Waals surface area (Å²) in [5.41, 5.74) is 4.01. The molecule has 0 unspecified atom stereocenters. The number of carboxylic acids is 1. The van der Waals surface area contributed by atoms with E-state index in [0.717, 1.165) is 46.5 Å². The van der Waals surface area contributed by atoms with E-state index in [1.165, 1.54) is 0 Å². The van der Waals surface area contributed by atoms with Crippen LogP contribution in [0.3, 0.4) is 0 Å². The van der Waals surface area contributed by atoms with E-state index in [0.29, 0.717) is 12.8 Å². The predicted molar refractivity (Wildman–Crippen MR) is 142 cm³/mol. The Morgan fingerprint density at radius 2 is 1.54 bits per heavy atom. The highest BCUT2D eigenvalue weighted by Gasteiger charge is 2.29. The van der Waals surface area contributed by atoms with Crippen LogP contribution < -0.4 is 10.0 Å². The second-order valence-corrected chi connectivity index (χ2v) is 10.8. The van der Waals surface area contributed by atoms with E-state index in [2.05, 4.69) is 10.0 Å². The molecule has 0 saturated carbocycles. The second kappa shape index (κ2) is 12.0. The van der Waals surface area contributed by atoms with Crippen LogP contribution in [-0.2, 0) is 19.6 Å². The molecule has 39 heavy (non-hydrogen) atoms. The summed E-state index contributed by atoms with van der Waals surface area (Å²) in [5.74, 6) is -1.38. The molecule has 204 valence electrons. The summed E-state index contributed by atoms with van der Waals surface area (Å²) in [6.45, 7) is 0.0766. The summed E-state index contributed by atoms with van der Waals surface area (Å²) in [6.07, 6.45) is -0.159. The maximum atomic E-state index is 12.5. The third-order valence-corrected chi connectivity index (χ3v) is 7.98. The molecular weight excluding hydrogens is 526 g/mol. The zero-order chi connectivity index (χ0) is 28.0. The molecule has 1 atom stereocenters. The van der Waals surface area contributed by atoms with Gasteiger partial charge < -0.3 is 15.2 Å². The van der Waals surface area contributed by atoms with Crippen LogP contribution in [0.15, 0.2) is 77.7 Å². The Hall–Kier alpha value is -4.29. The highest BCUT2D eigenvalue weighted by Crippen LogP contribution is 2.44. The van der Waals surface area contributed by atoms with Crippen LogP contribution in [0.4, 0.5) is 10.5 Å². The van der Waals surface area contributed by atoms with E-state index >= 15 is 0 Å². The molecule has 12 heteroatoms. The molecular formula is C27H27N3O8S. The largest absolute Gasteiger partial charge is 0.480 e. The van der Waals surface area contributed by atoms with E-state index < -0.39 is 33.1 Å². The summed E-state index contributed by atoms with van der Waals surface area (Å²) in [7, 11) is -3.88. The number of carboxylic acid groups (broad SMARTS) is 1. The van der Waals surface area contributed by atoms with Crippen LogP contribution in [-0.4, -0.2) is 49.7 Å². The molecule has 1 amide bonds. The smallest absolute Gasteiger partial charge is 0.407 e. The number of hydrogen-bond donors (Lipinski definition) is 3. The van der Waals surface area contributed by atoms with Crippen LogP contribution in [0.25, 0.3) is 11.1 Å². The summed E-state index contributed by atoms with van der Waals surface area (Å²) in [6, 6.07) is 19.0. The van der Waals surface area contributed by atoms with E-state index in [9.17, 15) is 33.2 Å². The van der Waals surface area contributed by atoms with Crippen molar-refractivity contribution >= 4 is 27.8 Å². The van der Waals surface area contributed by atoms with Gasteiger partial charge in [0.25, 0.3) is 5.69 Å². The molecule has 4 rings (SSSR count). The third-order valence-electron chi connectivity index (χ3n) is 6.50. The topological polar surface area (TPSA) is 165 Å². The number of rotatable bonds is 12. The Morgan fingerprint density at radius 3 is 2.10 bits per heavy atom. The van der Waals surface area contributed by atoms with Crippen molar-refractivity contribution in [2.45, 2.75) is 36.1 Å². The minimum Gasteiger partial charge on any atom is -0.480 e. The third kappa shape index (κ3) is 6.59. The monoisotopic (exact) mass is 553 g/mol. The van der Waals surface area contributed by atoms with Gasteiger partial charge in [-0.25, -0.2) is 22.7 Å². The number of fused-ring (bicyclic) bond motifs is 3. The molecule has 0 heterocycles. The standard InChI is InChI=1S/C27H27N3O8S/c31-26(32)25(11-5-6-16-28-39(36,37)19-14-12-18(13-15-19)30(34)35)29-27(33)38-17-24-22-9-3-1-7-20(22)21-8-2-4-10-23(21)24/h1-4,7-10,12-15,24-25,28H,5-6,11,16-17H2,(H,29,33)(H,31,32)/t25-/m0/s1. The number of ether oxygens (including phenoxy) is 1. The number of nitrogens with one attached hydrogen (secondary N) is 2. The van der Waals surface area contributed by atoms with Crippen LogP contribution >= 0.6 is 0 Å². The van der Waals surface area contributed by atoms with Gasteiger partial charge in [0.1, 0.15) is 12.6 Å². The molecule has 11 nitrogen and oxygen atoms in total. The molecule has 1 aliphatic rings. The van der Waals surface area contributed by atoms with Crippen molar-refractivity contribution in [3.8, 4) is 11.1 Å². The van der Waals surface area contributed by atoms with Crippen molar-refractivity contribution in [2.24, 2.45) is 0 Å². The van der Waals surface area contributed by atoms with Gasteiger partial charge in [-0.1, -0.05) is 48.5 Å². The van der Waals surface area contributed by atoms with Crippen molar-refractivity contribution in [1.29, 1.82) is 0 Å². The number of unbranched alkanes of at least 4 members (excludes halogenated alkanes) is 1. The average molecular weight is 554 g/mol. The van der Waals surface area contributed by atoms with E-state index in [-0.39, 0.29) is 36.1 Å². The van der Waals surface area contributed by atoms with Gasteiger partial charge in [-0.15, -0.1) is 0 Å². The first-order valence-corrected chi connectivity index (χ1v) is 13.7. The lowest BCUT2D eigenvalue weighted by Crippen LogP contribution is -2.41. The minimum atomic E-state index is -3.88. The van der Waals surface area contributed by atoms with Gasteiger partial charge in [-0.05, 0) is 53.6 Å². The Balaban J connectivity index is 1.24. The van der Waals surface area contributed by atoms with Crippen molar-refractivity contribution in [1.82, 2.24) is 10.0 Å². The summed E-state index contributed by atoms with van der Waals surface area (Å²) < 4.78 is 32.5. The number of nitrogens with zero attached hydrogens (tertiary/aromatic N) is 1. The summed E-state index contributed by atoms with van der Waals surface area (Å²) >= 11 is 0. The number of nitro benzene ring substituents is 1. The number of benzene rings is 3. The number of alkyl carbamates (subject to hydrolysis) is 1. The number of hydrogen-bond acceptors (Lipinski definition) is 7. The fourth-order valence-electron chi connectivity index (χ4n) is 4.55. The fourth-order valence-corrected chi connectivity index (χ4v) is 5.62. The van der Waals surface area contributed by atoms with Gasteiger partial charge in [-0.2, -0.15) is 0 Å². The number of nitro groups is 1. The van der Waals surface area contributed by atoms with Crippen LogP contribution in [0.2, 0.25) is 0 Å². The van der Waals surface area contributed by atoms with Crippen molar-refractivity contribution in [3.63, 3.8) is 0 Å². The zero-order valence-corrected chi connectivity index (χ0v) is 21.6. The van der Waals surface area contributed by atoms with Crippen LogP contribution in [0.1, 0.15) is 36.3 Å². The fraction of sp³-hybridized carbons (Fsp3) is 0.259. The highest BCUT2D eigenvalue weighted by molar-refractivity contribution is 7.89. The summed E-state index contributed by atoms with van der Waals surface area (Å²) in [5, 5.41) is 22.6. The molecule has 0 radical (unpaired) electrons. The number of sulfonamides is 1. The van der Waals surface area contributed by atoms with Crippen molar-refractivity contribution < 1.29 is 32.8 Å². The van der Waals surface area contributed by atoms with Gasteiger partial charge in [0.2, 0.25) is 10.0 Å². The Morgan fingerprint density at radius 1 is 0.949 bits per heavy atom. The van der Waals surface area contributed by atoms with E-state index in [1.807, 2.05) is 48.5 Å². The molecule has 0 spiro atoms. The number of aliphatic carboxylic acids is 1. The maximum absolute atomic E-state index is 12.5. The summed E-state index contributed by atoms with van der Waals surface area (Å²) in [4.78, 5) is 34.1. The molecule has 0 fully saturated rings. The van der Waals surface area contributed by atoms with Gasteiger partial charge in [0.15, 0.2) is 0 Å². The van der Waals surface area contributed by atoms with Gasteiger partial charge in [0.05, 0.1) is 9.82 Å². The first-order chi connectivity index (χ1) is 18.7. The van der Waals surface area contributed by atoms with Gasteiger partial charge >= 0.3 is 12.1 Å². The second-order valence-electron chi connectivity index (χ2n) is 9.01. The molecule has 3 N–H and O–H groups in total. The minimum absolute atomic E-state index is 0.0244. The number of amides is 1.